The summed E-state index contributed by atoms with van der Waals surface area (Å²) >= 11 is 0. The summed E-state index contributed by atoms with van der Waals surface area (Å²) in [6.07, 6.45) is -0.452. The first-order chi connectivity index (χ1) is 7.68. The Labute approximate surface area is 94.9 Å². The number of phenolic OH excluding ortho intramolecular Hbond substituents is 1. The van der Waals surface area contributed by atoms with Gasteiger partial charge in [0.1, 0.15) is 5.75 Å². The fourth-order valence-electron chi connectivity index (χ4n) is 1.84. The molecule has 0 saturated carbocycles. The fourth-order valence-corrected chi connectivity index (χ4v) is 1.84. The Morgan fingerprint density at radius 1 is 1.44 bits per heavy atom. The summed E-state index contributed by atoms with van der Waals surface area (Å²) in [6.45, 7) is 3.32. The molecule has 4 heteroatoms. The number of hydrogen-bond donors (Lipinski definition) is 3. The molecule has 2 atom stereocenters. The van der Waals surface area contributed by atoms with Crippen LogP contribution in [-0.4, -0.2) is 35.6 Å². The lowest BCUT2D eigenvalue weighted by molar-refractivity contribution is 0.122. The Hall–Kier alpha value is -1.10. The molecule has 2 unspecified atom stereocenters. The molecule has 1 aliphatic heterocycles. The van der Waals surface area contributed by atoms with Crippen molar-refractivity contribution < 1.29 is 14.9 Å². The zero-order valence-electron chi connectivity index (χ0n) is 9.31. The van der Waals surface area contributed by atoms with Crippen LogP contribution in [0.3, 0.4) is 0 Å². The number of aliphatic hydroxyl groups is 1. The van der Waals surface area contributed by atoms with E-state index in [1.165, 1.54) is 0 Å². The molecule has 3 N–H and O–H groups in total. The van der Waals surface area contributed by atoms with E-state index < -0.39 is 6.10 Å². The van der Waals surface area contributed by atoms with Gasteiger partial charge in [-0.05, 0) is 12.5 Å². The van der Waals surface area contributed by atoms with Crippen LogP contribution in [0.25, 0.3) is 0 Å². The number of aromatic hydroxyl groups is 1. The van der Waals surface area contributed by atoms with Crippen LogP contribution in [0.1, 0.15) is 11.1 Å². The first kappa shape index (κ1) is 11.4. The van der Waals surface area contributed by atoms with E-state index in [1.54, 1.807) is 0 Å². The molecule has 2 rings (SSSR count). The number of ether oxygens (including phenoxy) is 1. The lowest BCUT2D eigenvalue weighted by Crippen LogP contribution is -2.38. The third-order valence-electron chi connectivity index (χ3n) is 2.93. The van der Waals surface area contributed by atoms with Crippen LogP contribution in [0, 0.1) is 6.92 Å². The highest BCUT2D eigenvalue weighted by Gasteiger charge is 2.25. The Bertz CT molecular complexity index is 367. The largest absolute Gasteiger partial charge is 0.507 e. The van der Waals surface area contributed by atoms with Crippen molar-refractivity contribution in [3.8, 4) is 5.75 Å². The maximum absolute atomic E-state index is 9.80. The Morgan fingerprint density at radius 2 is 2.25 bits per heavy atom. The van der Waals surface area contributed by atoms with E-state index >= 15 is 0 Å². The summed E-state index contributed by atoms with van der Waals surface area (Å²) in [5.74, 6) is 0.323. The van der Waals surface area contributed by atoms with Crippen molar-refractivity contribution in [2.24, 2.45) is 0 Å². The summed E-state index contributed by atoms with van der Waals surface area (Å²) in [5, 5.41) is 22.5. The zero-order valence-corrected chi connectivity index (χ0v) is 9.31. The predicted octanol–water partition coefficient (Wildman–Crippen LogP) is 0.550. The number of para-hydroxylation sites is 1. The number of nitrogens with one attached hydrogen (secondary N) is 1. The summed E-state index contributed by atoms with van der Waals surface area (Å²) < 4.78 is 5.14. The third kappa shape index (κ3) is 2.35. The second-order valence-electron chi connectivity index (χ2n) is 4.17. The topological polar surface area (TPSA) is 61.7 Å². The number of phenols is 1. The van der Waals surface area contributed by atoms with Gasteiger partial charge in [0.2, 0.25) is 0 Å². The zero-order chi connectivity index (χ0) is 11.5. The van der Waals surface area contributed by atoms with E-state index in [0.717, 1.165) is 11.1 Å². The van der Waals surface area contributed by atoms with Gasteiger partial charge in [0.15, 0.2) is 0 Å². The predicted molar refractivity (Wildman–Crippen MR) is 60.3 cm³/mol. The van der Waals surface area contributed by atoms with Crippen LogP contribution in [0.2, 0.25) is 0 Å². The van der Waals surface area contributed by atoms with Crippen LogP contribution in [0.5, 0.6) is 5.75 Å². The van der Waals surface area contributed by atoms with Gasteiger partial charge in [-0.1, -0.05) is 18.2 Å². The van der Waals surface area contributed by atoms with E-state index in [4.69, 9.17) is 4.74 Å². The molecule has 1 aromatic rings. The van der Waals surface area contributed by atoms with Gasteiger partial charge in [0, 0.05) is 12.1 Å². The second-order valence-corrected chi connectivity index (χ2v) is 4.17. The number of benzene rings is 1. The highest BCUT2D eigenvalue weighted by Crippen LogP contribution is 2.21. The molecule has 0 aromatic heterocycles. The molecule has 0 spiro atoms. The van der Waals surface area contributed by atoms with Gasteiger partial charge < -0.3 is 20.3 Å². The minimum atomic E-state index is -0.452. The first-order valence-corrected chi connectivity index (χ1v) is 5.45. The number of aryl methyl sites for hydroxylation is 1. The molecule has 1 fully saturated rings. The van der Waals surface area contributed by atoms with Gasteiger partial charge >= 0.3 is 0 Å². The molecule has 16 heavy (non-hydrogen) atoms. The van der Waals surface area contributed by atoms with Crippen LogP contribution in [-0.2, 0) is 11.3 Å². The molecule has 88 valence electrons. The minimum absolute atomic E-state index is 0.0417. The summed E-state index contributed by atoms with van der Waals surface area (Å²) in [6, 6.07) is 5.61. The standard InChI is InChI=1S/C12H17NO3/c1-8-3-2-4-9(12(8)15)5-13-10-6-16-7-11(10)14/h2-4,10-11,13-15H,5-7H2,1H3. The van der Waals surface area contributed by atoms with Gasteiger partial charge in [-0.2, -0.15) is 0 Å². The summed E-state index contributed by atoms with van der Waals surface area (Å²) in [5.41, 5.74) is 1.71. The summed E-state index contributed by atoms with van der Waals surface area (Å²) in [7, 11) is 0. The number of aliphatic hydroxyl groups excluding tert-OH is 1. The molecule has 1 saturated heterocycles. The molecule has 0 aliphatic carbocycles. The van der Waals surface area contributed by atoms with Crippen LogP contribution in [0.15, 0.2) is 18.2 Å². The molecule has 0 bridgehead atoms. The maximum Gasteiger partial charge on any atom is 0.122 e. The Morgan fingerprint density at radius 3 is 2.94 bits per heavy atom. The molecule has 1 heterocycles. The second kappa shape index (κ2) is 4.82. The van der Waals surface area contributed by atoms with Gasteiger partial charge in [-0.3, -0.25) is 0 Å². The van der Waals surface area contributed by atoms with Crippen molar-refractivity contribution in [1.82, 2.24) is 5.32 Å². The van der Waals surface area contributed by atoms with Crippen molar-refractivity contribution in [2.45, 2.75) is 25.6 Å². The molecule has 0 radical (unpaired) electrons. The number of rotatable bonds is 3. The van der Waals surface area contributed by atoms with Crippen molar-refractivity contribution >= 4 is 0 Å². The maximum atomic E-state index is 9.80. The molecular formula is C12H17NO3. The van der Waals surface area contributed by atoms with Gasteiger partial charge in [0.05, 0.1) is 25.4 Å². The average Bonchev–Trinajstić information content (AvgIpc) is 2.67. The highest BCUT2D eigenvalue weighted by molar-refractivity contribution is 5.39. The molecule has 4 nitrogen and oxygen atoms in total. The molecule has 1 aliphatic rings. The van der Waals surface area contributed by atoms with E-state index in [0.29, 0.717) is 25.5 Å². The minimum Gasteiger partial charge on any atom is -0.507 e. The monoisotopic (exact) mass is 223 g/mol. The molecule has 0 amide bonds. The van der Waals surface area contributed by atoms with E-state index in [-0.39, 0.29) is 6.04 Å². The molecule has 1 aromatic carbocycles. The third-order valence-corrected chi connectivity index (χ3v) is 2.93. The van der Waals surface area contributed by atoms with Gasteiger partial charge in [-0.25, -0.2) is 0 Å². The SMILES string of the molecule is Cc1cccc(CNC2COCC2O)c1O. The average molecular weight is 223 g/mol. The van der Waals surface area contributed by atoms with Crippen molar-refractivity contribution in [3.63, 3.8) is 0 Å². The normalized spacial score (nSPS) is 24.9. The number of hydrogen-bond acceptors (Lipinski definition) is 4. The smallest absolute Gasteiger partial charge is 0.122 e. The van der Waals surface area contributed by atoms with Crippen molar-refractivity contribution in [2.75, 3.05) is 13.2 Å². The Kier molecular flexibility index (Phi) is 3.43. The van der Waals surface area contributed by atoms with Gasteiger partial charge in [0.25, 0.3) is 0 Å². The van der Waals surface area contributed by atoms with Crippen LogP contribution in [0.4, 0.5) is 0 Å². The van der Waals surface area contributed by atoms with Crippen LogP contribution < -0.4 is 5.32 Å². The quantitative estimate of drug-likeness (QED) is 0.700. The van der Waals surface area contributed by atoms with E-state index in [1.807, 2.05) is 25.1 Å². The van der Waals surface area contributed by atoms with Gasteiger partial charge in [-0.15, -0.1) is 0 Å². The van der Waals surface area contributed by atoms with Crippen molar-refractivity contribution in [3.05, 3.63) is 29.3 Å². The van der Waals surface area contributed by atoms with E-state index in [9.17, 15) is 10.2 Å². The molecular weight excluding hydrogens is 206 g/mol. The van der Waals surface area contributed by atoms with E-state index in [2.05, 4.69) is 5.32 Å². The fraction of sp³-hybridized carbons (Fsp3) is 0.500. The highest BCUT2D eigenvalue weighted by atomic mass is 16.5. The lowest BCUT2D eigenvalue weighted by atomic mass is 10.1. The first-order valence-electron chi connectivity index (χ1n) is 5.45. The summed E-state index contributed by atoms with van der Waals surface area (Å²) in [4.78, 5) is 0. The lowest BCUT2D eigenvalue weighted by Gasteiger charge is -2.15. The van der Waals surface area contributed by atoms with Crippen LogP contribution >= 0.6 is 0 Å². The van der Waals surface area contributed by atoms with Crippen molar-refractivity contribution in [1.29, 1.82) is 0 Å². The Balaban J connectivity index is 1.96.